The third-order valence-electron chi connectivity index (χ3n) is 4.29. The minimum Gasteiger partial charge on any atom is -0.487 e. The highest BCUT2D eigenvalue weighted by Gasteiger charge is 2.10. The van der Waals surface area contributed by atoms with E-state index in [1.165, 1.54) is 0 Å². The maximum Gasteiger partial charge on any atom is 0.256 e. The van der Waals surface area contributed by atoms with Gasteiger partial charge in [0.25, 0.3) is 5.91 Å². The summed E-state index contributed by atoms with van der Waals surface area (Å²) >= 11 is 1.16. The highest BCUT2D eigenvalue weighted by molar-refractivity contribution is 6.99. The molecule has 0 spiro atoms. The molecule has 0 fully saturated rings. The van der Waals surface area contributed by atoms with Crippen LogP contribution in [0.2, 0.25) is 0 Å². The molecule has 2 aromatic heterocycles. The summed E-state index contributed by atoms with van der Waals surface area (Å²) in [5.41, 5.74) is 3.29. The number of hydrogen-bond acceptors (Lipinski definition) is 6. The summed E-state index contributed by atoms with van der Waals surface area (Å²) in [4.78, 5) is 12.6. The van der Waals surface area contributed by atoms with E-state index in [4.69, 9.17) is 4.74 Å². The summed E-state index contributed by atoms with van der Waals surface area (Å²) in [6, 6.07) is 18.8. The fourth-order valence-corrected chi connectivity index (χ4v) is 3.29. The summed E-state index contributed by atoms with van der Waals surface area (Å²) in [6.07, 6.45) is 1.84. The van der Waals surface area contributed by atoms with Crippen LogP contribution in [0.4, 0.5) is 5.82 Å². The van der Waals surface area contributed by atoms with Gasteiger partial charge in [-0.25, -0.2) is 0 Å². The summed E-state index contributed by atoms with van der Waals surface area (Å²) < 4.78 is 15.9. The number of benzene rings is 2. The molecule has 0 saturated carbocycles. The molecule has 0 bridgehead atoms. The monoisotopic (exact) mass is 405 g/mol. The molecule has 0 radical (unpaired) electrons. The topological polar surface area (TPSA) is 81.9 Å². The molecule has 7 nitrogen and oxygen atoms in total. The molecule has 146 valence electrons. The Labute approximate surface area is 172 Å². The normalized spacial score (nSPS) is 10.7. The van der Waals surface area contributed by atoms with Crippen LogP contribution >= 0.6 is 11.7 Å². The second-order valence-electron chi connectivity index (χ2n) is 6.45. The molecule has 0 atom stereocenters. The summed E-state index contributed by atoms with van der Waals surface area (Å²) in [7, 11) is 0. The fourth-order valence-electron chi connectivity index (χ4n) is 2.73. The number of carbonyl (C=O) groups excluding carboxylic acids is 1. The van der Waals surface area contributed by atoms with Gasteiger partial charge in [-0.15, -0.1) is 0 Å². The largest absolute Gasteiger partial charge is 0.487 e. The highest BCUT2D eigenvalue weighted by atomic mass is 32.1. The van der Waals surface area contributed by atoms with Gasteiger partial charge in [0.15, 0.2) is 5.82 Å². The van der Waals surface area contributed by atoms with E-state index in [0.29, 0.717) is 30.3 Å². The molecule has 0 unspecified atom stereocenters. The van der Waals surface area contributed by atoms with Crippen molar-refractivity contribution in [1.29, 1.82) is 0 Å². The Bertz CT molecular complexity index is 1110. The lowest BCUT2D eigenvalue weighted by Gasteiger charge is -2.07. The van der Waals surface area contributed by atoms with Crippen LogP contribution in [0, 0.1) is 6.92 Å². The third kappa shape index (κ3) is 4.85. The van der Waals surface area contributed by atoms with Gasteiger partial charge >= 0.3 is 0 Å². The molecule has 29 heavy (non-hydrogen) atoms. The van der Waals surface area contributed by atoms with Crippen molar-refractivity contribution in [1.82, 2.24) is 18.5 Å². The van der Waals surface area contributed by atoms with Crippen LogP contribution < -0.4 is 10.1 Å². The van der Waals surface area contributed by atoms with Gasteiger partial charge in [0.1, 0.15) is 18.1 Å². The first kappa shape index (κ1) is 18.8. The first-order chi connectivity index (χ1) is 14.2. The van der Waals surface area contributed by atoms with Crippen molar-refractivity contribution < 1.29 is 9.53 Å². The molecule has 2 heterocycles. The molecule has 1 amide bonds. The number of anilines is 1. The van der Waals surface area contributed by atoms with Crippen molar-refractivity contribution in [3.05, 3.63) is 89.4 Å². The molecular formula is C21H19N5O2S. The van der Waals surface area contributed by atoms with E-state index in [1.54, 1.807) is 35.0 Å². The average molecular weight is 405 g/mol. The van der Waals surface area contributed by atoms with E-state index < -0.39 is 0 Å². The summed E-state index contributed by atoms with van der Waals surface area (Å²) in [5, 5.41) is 7.24. The zero-order valence-corrected chi connectivity index (χ0v) is 16.6. The van der Waals surface area contributed by atoms with Crippen molar-refractivity contribution in [2.75, 3.05) is 5.32 Å². The van der Waals surface area contributed by atoms with E-state index in [1.807, 2.05) is 43.5 Å². The Morgan fingerprint density at radius 1 is 1.10 bits per heavy atom. The zero-order chi connectivity index (χ0) is 20.1. The van der Waals surface area contributed by atoms with Crippen molar-refractivity contribution in [3.63, 3.8) is 0 Å². The number of amides is 1. The van der Waals surface area contributed by atoms with Crippen LogP contribution in [0.1, 0.15) is 27.3 Å². The highest BCUT2D eigenvalue weighted by Crippen LogP contribution is 2.17. The second kappa shape index (κ2) is 8.66. The van der Waals surface area contributed by atoms with Gasteiger partial charge in [-0.05, 0) is 30.7 Å². The standard InChI is InChI=1S/C21H19N5O2S/c1-15-19(25-29-24-15)14-28-18-9-5-8-17(12-18)21(27)22-20-10-11-26(23-20)13-16-6-3-2-4-7-16/h2-12H,13-14H2,1H3,(H,22,23,27). The smallest absolute Gasteiger partial charge is 0.256 e. The molecule has 0 aliphatic heterocycles. The SMILES string of the molecule is Cc1nsnc1COc1cccc(C(=O)Nc2ccn(Cc3ccccc3)n2)c1. The van der Waals surface area contributed by atoms with Gasteiger partial charge < -0.3 is 10.1 Å². The number of ether oxygens (including phenoxy) is 1. The van der Waals surface area contributed by atoms with E-state index in [9.17, 15) is 4.79 Å². The molecular weight excluding hydrogens is 386 g/mol. The molecule has 4 aromatic rings. The molecule has 0 aliphatic rings. The van der Waals surface area contributed by atoms with Gasteiger partial charge in [0, 0.05) is 17.8 Å². The maximum absolute atomic E-state index is 12.6. The van der Waals surface area contributed by atoms with Crippen LogP contribution in [0.3, 0.4) is 0 Å². The predicted octanol–water partition coefficient (Wildman–Crippen LogP) is 3.92. The fraction of sp³-hybridized carbons (Fsp3) is 0.143. The average Bonchev–Trinajstić information content (AvgIpc) is 3.36. The van der Waals surface area contributed by atoms with Gasteiger partial charge in [-0.3, -0.25) is 9.48 Å². The second-order valence-corrected chi connectivity index (χ2v) is 6.98. The zero-order valence-electron chi connectivity index (χ0n) is 15.8. The third-order valence-corrected chi connectivity index (χ3v) is 4.95. The Morgan fingerprint density at radius 3 is 2.76 bits per heavy atom. The van der Waals surface area contributed by atoms with Crippen LogP contribution in [0.25, 0.3) is 0 Å². The van der Waals surface area contributed by atoms with E-state index in [2.05, 4.69) is 19.2 Å². The molecule has 8 heteroatoms. The molecule has 2 aromatic carbocycles. The van der Waals surface area contributed by atoms with Crippen molar-refractivity contribution in [3.8, 4) is 5.75 Å². The van der Waals surface area contributed by atoms with Gasteiger partial charge in [0.2, 0.25) is 0 Å². The molecule has 1 N–H and O–H groups in total. The number of aromatic nitrogens is 4. The number of carbonyl (C=O) groups is 1. The predicted molar refractivity (Wildman–Crippen MR) is 111 cm³/mol. The maximum atomic E-state index is 12.6. The summed E-state index contributed by atoms with van der Waals surface area (Å²) in [6.45, 7) is 2.85. The lowest BCUT2D eigenvalue weighted by atomic mass is 10.2. The lowest BCUT2D eigenvalue weighted by molar-refractivity contribution is 0.102. The minimum atomic E-state index is -0.244. The Balaban J connectivity index is 1.38. The van der Waals surface area contributed by atoms with E-state index in [0.717, 1.165) is 28.7 Å². The summed E-state index contributed by atoms with van der Waals surface area (Å²) in [5.74, 6) is 0.855. The first-order valence-corrected chi connectivity index (χ1v) is 9.80. The number of nitrogens with one attached hydrogen (secondary N) is 1. The van der Waals surface area contributed by atoms with Crippen molar-refractivity contribution in [2.45, 2.75) is 20.1 Å². The van der Waals surface area contributed by atoms with Crippen LogP contribution in [-0.4, -0.2) is 24.4 Å². The Kier molecular flexibility index (Phi) is 5.62. The number of rotatable bonds is 7. The van der Waals surface area contributed by atoms with Gasteiger partial charge in [0.05, 0.1) is 24.0 Å². The molecule has 0 saturated heterocycles. The molecule has 0 aliphatic carbocycles. The molecule has 4 rings (SSSR count). The van der Waals surface area contributed by atoms with Crippen LogP contribution in [-0.2, 0) is 13.2 Å². The van der Waals surface area contributed by atoms with E-state index in [-0.39, 0.29) is 5.91 Å². The lowest BCUT2D eigenvalue weighted by Crippen LogP contribution is -2.13. The Hall–Kier alpha value is -3.52. The van der Waals surface area contributed by atoms with Crippen LogP contribution in [0.5, 0.6) is 5.75 Å². The van der Waals surface area contributed by atoms with E-state index >= 15 is 0 Å². The number of aryl methyl sites for hydroxylation is 1. The number of hydrogen-bond donors (Lipinski definition) is 1. The minimum absolute atomic E-state index is 0.244. The van der Waals surface area contributed by atoms with Gasteiger partial charge in [-0.1, -0.05) is 36.4 Å². The number of nitrogens with zero attached hydrogens (tertiary/aromatic N) is 4. The van der Waals surface area contributed by atoms with Crippen molar-refractivity contribution in [2.24, 2.45) is 0 Å². The van der Waals surface area contributed by atoms with Crippen LogP contribution in [0.15, 0.2) is 66.9 Å². The Morgan fingerprint density at radius 2 is 1.97 bits per heavy atom. The first-order valence-electron chi connectivity index (χ1n) is 9.07. The quantitative estimate of drug-likeness (QED) is 0.504. The van der Waals surface area contributed by atoms with Gasteiger partial charge in [-0.2, -0.15) is 13.8 Å². The van der Waals surface area contributed by atoms with Crippen molar-refractivity contribution >= 4 is 23.5 Å².